The van der Waals surface area contributed by atoms with E-state index in [1.165, 1.54) is 25.2 Å². The van der Waals surface area contributed by atoms with E-state index in [0.29, 0.717) is 22.5 Å². The molecule has 7 nitrogen and oxygen atoms in total. The van der Waals surface area contributed by atoms with E-state index in [1.807, 2.05) is 0 Å². The number of sulfonamides is 1. The number of anilines is 1. The molecular formula is C23H17F2N3O4S. The Morgan fingerprint density at radius 3 is 2.42 bits per heavy atom. The summed E-state index contributed by atoms with van der Waals surface area (Å²) in [6.07, 6.45) is 0. The zero-order valence-electron chi connectivity index (χ0n) is 17.2. The fourth-order valence-corrected chi connectivity index (χ4v) is 3.79. The molecule has 4 aromatic rings. The number of fused-ring (bicyclic) bond motifs is 1. The molecule has 0 bridgehead atoms. The second-order valence-electron chi connectivity index (χ2n) is 7.02. The van der Waals surface area contributed by atoms with E-state index in [2.05, 4.69) is 16.4 Å². The number of hydrogen-bond acceptors (Lipinski definition) is 5. The third kappa shape index (κ3) is 4.46. The number of nitrogens with one attached hydrogen (secondary N) is 1. The summed E-state index contributed by atoms with van der Waals surface area (Å²) in [6.45, 7) is 3.26. The zero-order valence-corrected chi connectivity index (χ0v) is 18.1. The van der Waals surface area contributed by atoms with Crippen LogP contribution in [0.4, 0.5) is 14.5 Å². The maximum Gasteiger partial charge on any atom is 0.274 e. The van der Waals surface area contributed by atoms with E-state index in [1.54, 1.807) is 24.3 Å². The Morgan fingerprint density at radius 2 is 1.73 bits per heavy atom. The third-order valence-corrected chi connectivity index (χ3v) is 5.74. The van der Waals surface area contributed by atoms with Gasteiger partial charge < -0.3 is 4.74 Å². The molecule has 0 fully saturated rings. The first-order chi connectivity index (χ1) is 15.7. The van der Waals surface area contributed by atoms with Crippen molar-refractivity contribution >= 4 is 26.5 Å². The molecule has 1 aromatic heterocycles. The highest BCUT2D eigenvalue weighted by atomic mass is 32.2. The number of aromatic nitrogens is 2. The summed E-state index contributed by atoms with van der Waals surface area (Å²) >= 11 is 0. The van der Waals surface area contributed by atoms with Gasteiger partial charge in [-0.15, -0.1) is 0 Å². The van der Waals surface area contributed by atoms with Crippen LogP contribution in [0.25, 0.3) is 22.0 Å². The monoisotopic (exact) mass is 469 g/mol. The molecule has 0 unspecified atom stereocenters. The van der Waals surface area contributed by atoms with Gasteiger partial charge >= 0.3 is 0 Å². The first-order valence-corrected chi connectivity index (χ1v) is 11.1. The standard InChI is InChI=1S/C23H17F2N3O4S/c1-3-33(30,31)27-15-9-11-20(32-21-10-8-14(24)12-19(21)25)18(13-15)22-16-6-4-5-7-17(16)23(29)28(2)26-22/h3-13,27H,1H2,2H3. The van der Waals surface area contributed by atoms with Gasteiger partial charge in [-0.3, -0.25) is 9.52 Å². The summed E-state index contributed by atoms with van der Waals surface area (Å²) < 4.78 is 60.7. The van der Waals surface area contributed by atoms with E-state index in [4.69, 9.17) is 4.74 Å². The van der Waals surface area contributed by atoms with Gasteiger partial charge in [0.2, 0.25) is 0 Å². The van der Waals surface area contributed by atoms with Crippen molar-refractivity contribution < 1.29 is 21.9 Å². The maximum absolute atomic E-state index is 14.3. The van der Waals surface area contributed by atoms with Crippen LogP contribution >= 0.6 is 0 Å². The number of aryl methyl sites for hydroxylation is 1. The molecule has 0 aliphatic rings. The van der Waals surface area contributed by atoms with Gasteiger partial charge in [0.25, 0.3) is 15.6 Å². The summed E-state index contributed by atoms with van der Waals surface area (Å²) in [6, 6.07) is 13.9. The summed E-state index contributed by atoms with van der Waals surface area (Å²) in [7, 11) is -2.34. The van der Waals surface area contributed by atoms with Crippen LogP contribution in [0.15, 0.2) is 77.4 Å². The molecule has 10 heteroatoms. The molecular weight excluding hydrogens is 452 g/mol. The molecule has 0 radical (unpaired) electrons. The molecule has 33 heavy (non-hydrogen) atoms. The summed E-state index contributed by atoms with van der Waals surface area (Å²) in [5.41, 5.74) is 0.404. The molecule has 0 aliphatic carbocycles. The maximum atomic E-state index is 14.3. The minimum atomic E-state index is -3.82. The lowest BCUT2D eigenvalue weighted by Crippen LogP contribution is -2.20. The van der Waals surface area contributed by atoms with Gasteiger partial charge in [0.15, 0.2) is 11.6 Å². The van der Waals surface area contributed by atoms with Crippen molar-refractivity contribution in [2.45, 2.75) is 0 Å². The number of benzene rings is 3. The minimum Gasteiger partial charge on any atom is -0.454 e. The van der Waals surface area contributed by atoms with Crippen molar-refractivity contribution in [3.8, 4) is 22.8 Å². The quantitative estimate of drug-likeness (QED) is 0.447. The van der Waals surface area contributed by atoms with Crippen LogP contribution in [0.5, 0.6) is 11.5 Å². The fraction of sp³-hybridized carbons (Fsp3) is 0.0435. The van der Waals surface area contributed by atoms with Gasteiger partial charge in [-0.25, -0.2) is 21.9 Å². The van der Waals surface area contributed by atoms with Gasteiger partial charge in [0.1, 0.15) is 17.3 Å². The van der Waals surface area contributed by atoms with Gasteiger partial charge in [0, 0.05) is 35.2 Å². The molecule has 4 rings (SSSR count). The molecule has 0 spiro atoms. The predicted octanol–water partition coefficient (Wildman–Crippen LogP) is 4.56. The van der Waals surface area contributed by atoms with Crippen LogP contribution < -0.4 is 15.0 Å². The molecule has 1 heterocycles. The molecule has 1 N–H and O–H groups in total. The van der Waals surface area contributed by atoms with Gasteiger partial charge in [-0.05, 0) is 36.4 Å². The van der Waals surface area contributed by atoms with Gasteiger partial charge in [0.05, 0.1) is 5.39 Å². The topological polar surface area (TPSA) is 90.3 Å². The summed E-state index contributed by atoms with van der Waals surface area (Å²) in [5.74, 6) is -1.82. The number of ether oxygens (including phenoxy) is 1. The Kier molecular flexibility index (Phi) is 5.69. The molecule has 0 aliphatic heterocycles. The second kappa shape index (κ2) is 8.47. The van der Waals surface area contributed by atoms with E-state index < -0.39 is 21.7 Å². The molecule has 0 amide bonds. The number of hydrogen-bond donors (Lipinski definition) is 1. The van der Waals surface area contributed by atoms with Crippen LogP contribution in [-0.4, -0.2) is 18.2 Å². The molecule has 3 aromatic carbocycles. The minimum absolute atomic E-state index is 0.110. The van der Waals surface area contributed by atoms with Crippen molar-refractivity contribution in [2.75, 3.05) is 4.72 Å². The predicted molar refractivity (Wildman–Crippen MR) is 122 cm³/mol. The number of rotatable bonds is 6. The zero-order chi connectivity index (χ0) is 23.8. The van der Waals surface area contributed by atoms with Crippen LogP contribution in [0.1, 0.15) is 0 Å². The van der Waals surface area contributed by atoms with Crippen molar-refractivity contribution in [1.82, 2.24) is 9.78 Å². The smallest absolute Gasteiger partial charge is 0.274 e. The largest absolute Gasteiger partial charge is 0.454 e. The van der Waals surface area contributed by atoms with Crippen molar-refractivity contribution in [3.05, 3.63) is 94.6 Å². The Hall–Kier alpha value is -4.05. The molecule has 0 saturated heterocycles. The first-order valence-electron chi connectivity index (χ1n) is 9.57. The van der Waals surface area contributed by atoms with E-state index >= 15 is 0 Å². The van der Waals surface area contributed by atoms with Crippen molar-refractivity contribution in [2.24, 2.45) is 7.05 Å². The fourth-order valence-electron chi connectivity index (χ4n) is 3.25. The highest BCUT2D eigenvalue weighted by Gasteiger charge is 2.18. The lowest BCUT2D eigenvalue weighted by atomic mass is 10.0. The van der Waals surface area contributed by atoms with Crippen molar-refractivity contribution in [3.63, 3.8) is 0 Å². The molecule has 0 saturated carbocycles. The molecule has 0 atom stereocenters. The van der Waals surface area contributed by atoms with Gasteiger partial charge in [-0.2, -0.15) is 5.10 Å². The van der Waals surface area contributed by atoms with Crippen molar-refractivity contribution in [1.29, 1.82) is 0 Å². The Labute approximate surface area is 187 Å². The normalized spacial score (nSPS) is 11.4. The highest BCUT2D eigenvalue weighted by molar-refractivity contribution is 7.95. The van der Waals surface area contributed by atoms with Gasteiger partial charge in [-0.1, -0.05) is 24.8 Å². The van der Waals surface area contributed by atoms with Crippen LogP contribution in [0.2, 0.25) is 0 Å². The molecule has 168 valence electrons. The van der Waals surface area contributed by atoms with E-state index in [9.17, 15) is 22.0 Å². The third-order valence-electron chi connectivity index (χ3n) is 4.78. The summed E-state index contributed by atoms with van der Waals surface area (Å²) in [5, 5.41) is 5.95. The van der Waals surface area contributed by atoms with Crippen LogP contribution in [0.3, 0.4) is 0 Å². The second-order valence-corrected chi connectivity index (χ2v) is 8.65. The lowest BCUT2D eigenvalue weighted by Gasteiger charge is -2.15. The van der Waals surface area contributed by atoms with E-state index in [0.717, 1.165) is 22.2 Å². The first kappa shape index (κ1) is 22.2. The lowest BCUT2D eigenvalue weighted by molar-refractivity contribution is 0.439. The Bertz CT molecular complexity index is 1570. The average molecular weight is 469 g/mol. The number of nitrogens with zero attached hydrogens (tertiary/aromatic N) is 2. The average Bonchev–Trinajstić information content (AvgIpc) is 2.79. The summed E-state index contributed by atoms with van der Waals surface area (Å²) in [4.78, 5) is 12.5. The van der Waals surface area contributed by atoms with Crippen LogP contribution in [-0.2, 0) is 17.1 Å². The number of halogens is 2. The Morgan fingerprint density at radius 1 is 1.03 bits per heavy atom. The Balaban J connectivity index is 1.96. The van der Waals surface area contributed by atoms with E-state index in [-0.39, 0.29) is 28.3 Å². The SMILES string of the molecule is C=CS(=O)(=O)Nc1ccc(Oc2ccc(F)cc2F)c(-c2nn(C)c(=O)c3ccccc23)c1. The van der Waals surface area contributed by atoms with Crippen LogP contribution in [0, 0.1) is 11.6 Å². The highest BCUT2D eigenvalue weighted by Crippen LogP contribution is 2.38.